The molecule has 0 saturated carbocycles. The summed E-state index contributed by atoms with van der Waals surface area (Å²) in [6.45, 7) is 2.63. The van der Waals surface area contributed by atoms with Crippen LogP contribution in [0.2, 0.25) is 5.02 Å². The minimum atomic E-state index is -0.219. The van der Waals surface area contributed by atoms with Crippen molar-refractivity contribution in [1.29, 1.82) is 0 Å². The van der Waals surface area contributed by atoms with Crippen molar-refractivity contribution < 1.29 is 14.3 Å². The third-order valence-corrected chi connectivity index (χ3v) is 2.71. The van der Waals surface area contributed by atoms with Gasteiger partial charge in [0.1, 0.15) is 5.75 Å². The van der Waals surface area contributed by atoms with Crippen LogP contribution in [0.3, 0.4) is 0 Å². The van der Waals surface area contributed by atoms with E-state index in [2.05, 4.69) is 5.32 Å². The van der Waals surface area contributed by atoms with Gasteiger partial charge in [-0.15, -0.1) is 0 Å². The molecular formula is C13H19ClN2O3. The van der Waals surface area contributed by atoms with E-state index in [4.69, 9.17) is 26.8 Å². The van der Waals surface area contributed by atoms with E-state index in [9.17, 15) is 4.79 Å². The Hall–Kier alpha value is -1.30. The molecule has 19 heavy (non-hydrogen) atoms. The number of hydrogen-bond acceptors (Lipinski definition) is 4. The highest BCUT2D eigenvalue weighted by Gasteiger charge is 2.09. The van der Waals surface area contributed by atoms with Crippen LogP contribution < -0.4 is 15.8 Å². The maximum Gasteiger partial charge on any atom is 0.258 e. The Morgan fingerprint density at radius 1 is 1.53 bits per heavy atom. The van der Waals surface area contributed by atoms with E-state index in [-0.39, 0.29) is 18.6 Å². The first-order valence-corrected chi connectivity index (χ1v) is 6.34. The fourth-order valence-corrected chi connectivity index (χ4v) is 1.80. The molecule has 0 aliphatic carbocycles. The van der Waals surface area contributed by atoms with Gasteiger partial charge in [-0.1, -0.05) is 17.7 Å². The first-order valence-electron chi connectivity index (χ1n) is 5.96. The van der Waals surface area contributed by atoms with Gasteiger partial charge in [-0.05, 0) is 24.6 Å². The van der Waals surface area contributed by atoms with Crippen molar-refractivity contribution in [3.05, 3.63) is 28.8 Å². The molecule has 0 bridgehead atoms. The van der Waals surface area contributed by atoms with E-state index in [0.717, 1.165) is 5.56 Å². The summed E-state index contributed by atoms with van der Waals surface area (Å²) >= 11 is 6.01. The molecule has 1 rings (SSSR count). The molecule has 1 amide bonds. The number of hydrogen-bond donors (Lipinski definition) is 2. The molecular weight excluding hydrogens is 268 g/mol. The molecule has 106 valence electrons. The summed E-state index contributed by atoms with van der Waals surface area (Å²) in [4.78, 5) is 11.6. The normalized spacial score (nSPS) is 12.0. The quantitative estimate of drug-likeness (QED) is 0.793. The highest BCUT2D eigenvalue weighted by atomic mass is 35.5. The van der Waals surface area contributed by atoms with Crippen molar-refractivity contribution in [1.82, 2.24) is 5.32 Å². The molecule has 0 aromatic heterocycles. The number of amides is 1. The van der Waals surface area contributed by atoms with E-state index in [1.165, 1.54) is 0 Å². The van der Waals surface area contributed by atoms with Gasteiger partial charge in [-0.25, -0.2) is 0 Å². The van der Waals surface area contributed by atoms with Gasteiger partial charge in [0, 0.05) is 19.7 Å². The number of nitrogens with two attached hydrogens (primary N) is 1. The molecule has 3 N–H and O–H groups in total. The summed E-state index contributed by atoms with van der Waals surface area (Å²) in [6, 6.07) is 5.18. The first-order chi connectivity index (χ1) is 9.06. The van der Waals surface area contributed by atoms with Gasteiger partial charge in [0.05, 0.1) is 11.6 Å². The van der Waals surface area contributed by atoms with Crippen LogP contribution in [0.15, 0.2) is 18.2 Å². The second-order valence-corrected chi connectivity index (χ2v) is 4.59. The van der Waals surface area contributed by atoms with Gasteiger partial charge >= 0.3 is 0 Å². The summed E-state index contributed by atoms with van der Waals surface area (Å²) in [5.41, 5.74) is 6.41. The predicted octanol–water partition coefficient (Wildman–Crippen LogP) is 1.33. The van der Waals surface area contributed by atoms with E-state index in [0.29, 0.717) is 23.9 Å². The highest BCUT2D eigenvalue weighted by molar-refractivity contribution is 6.32. The van der Waals surface area contributed by atoms with Gasteiger partial charge in [-0.3, -0.25) is 4.79 Å². The van der Waals surface area contributed by atoms with Crippen LogP contribution in [0.5, 0.6) is 5.75 Å². The molecule has 1 atom stereocenters. The number of halogens is 1. The van der Waals surface area contributed by atoms with E-state index in [1.807, 2.05) is 13.0 Å². The Labute approximate surface area is 118 Å². The molecule has 6 heteroatoms. The molecule has 0 saturated heterocycles. The number of rotatable bonds is 7. The number of carbonyl (C=O) groups is 1. The lowest BCUT2D eigenvalue weighted by Gasteiger charge is -2.13. The monoisotopic (exact) mass is 286 g/mol. The van der Waals surface area contributed by atoms with Crippen molar-refractivity contribution in [2.45, 2.75) is 19.5 Å². The smallest absolute Gasteiger partial charge is 0.258 e. The van der Waals surface area contributed by atoms with Crippen molar-refractivity contribution in [2.24, 2.45) is 5.73 Å². The zero-order valence-corrected chi connectivity index (χ0v) is 11.9. The second kappa shape index (κ2) is 7.99. The van der Waals surface area contributed by atoms with Gasteiger partial charge in [-0.2, -0.15) is 0 Å². The van der Waals surface area contributed by atoms with Crippen LogP contribution in [0, 0.1) is 0 Å². The molecule has 1 unspecified atom stereocenters. The minimum Gasteiger partial charge on any atom is -0.482 e. The SMILES string of the molecule is COCC(C)NC(=O)COc1ccc(CN)cc1Cl. The summed E-state index contributed by atoms with van der Waals surface area (Å²) in [7, 11) is 1.58. The lowest BCUT2D eigenvalue weighted by atomic mass is 10.2. The van der Waals surface area contributed by atoms with Crippen molar-refractivity contribution in [2.75, 3.05) is 20.3 Å². The Balaban J connectivity index is 2.46. The number of benzene rings is 1. The van der Waals surface area contributed by atoms with Gasteiger partial charge in [0.15, 0.2) is 6.61 Å². The summed E-state index contributed by atoms with van der Waals surface area (Å²) < 4.78 is 10.3. The van der Waals surface area contributed by atoms with Crippen LogP contribution in [-0.4, -0.2) is 32.3 Å². The fourth-order valence-electron chi connectivity index (χ4n) is 1.54. The van der Waals surface area contributed by atoms with E-state index in [1.54, 1.807) is 19.2 Å². The maximum absolute atomic E-state index is 11.6. The fraction of sp³-hybridized carbons (Fsp3) is 0.462. The van der Waals surface area contributed by atoms with Gasteiger partial charge in [0.2, 0.25) is 0 Å². The average Bonchev–Trinajstić information content (AvgIpc) is 2.37. The predicted molar refractivity (Wildman–Crippen MR) is 74.3 cm³/mol. The summed E-state index contributed by atoms with van der Waals surface area (Å²) in [5, 5.41) is 3.19. The highest BCUT2D eigenvalue weighted by Crippen LogP contribution is 2.25. The summed E-state index contributed by atoms with van der Waals surface area (Å²) in [5.74, 6) is 0.247. The van der Waals surface area contributed by atoms with Crippen LogP contribution in [0.25, 0.3) is 0 Å². The third kappa shape index (κ3) is 5.46. The number of ether oxygens (including phenoxy) is 2. The molecule has 0 aliphatic heterocycles. The van der Waals surface area contributed by atoms with Crippen LogP contribution in [-0.2, 0) is 16.1 Å². The van der Waals surface area contributed by atoms with Crippen LogP contribution in [0.1, 0.15) is 12.5 Å². The number of methoxy groups -OCH3 is 1. The zero-order valence-electron chi connectivity index (χ0n) is 11.1. The standard InChI is InChI=1S/C13H19ClN2O3/c1-9(7-18-2)16-13(17)8-19-12-4-3-10(6-15)5-11(12)14/h3-5,9H,6-8,15H2,1-2H3,(H,16,17). The van der Waals surface area contributed by atoms with Gasteiger partial charge < -0.3 is 20.5 Å². The van der Waals surface area contributed by atoms with Crippen molar-refractivity contribution in [3.8, 4) is 5.75 Å². The maximum atomic E-state index is 11.6. The minimum absolute atomic E-state index is 0.0591. The van der Waals surface area contributed by atoms with Crippen molar-refractivity contribution >= 4 is 17.5 Å². The zero-order chi connectivity index (χ0) is 14.3. The molecule has 0 heterocycles. The van der Waals surface area contributed by atoms with Gasteiger partial charge in [0.25, 0.3) is 5.91 Å². The van der Waals surface area contributed by atoms with Crippen LogP contribution >= 0.6 is 11.6 Å². The number of nitrogens with one attached hydrogen (secondary N) is 1. The van der Waals surface area contributed by atoms with Crippen LogP contribution in [0.4, 0.5) is 0 Å². The lowest BCUT2D eigenvalue weighted by Crippen LogP contribution is -2.38. The Morgan fingerprint density at radius 3 is 2.84 bits per heavy atom. The second-order valence-electron chi connectivity index (χ2n) is 4.18. The Bertz CT molecular complexity index is 426. The molecule has 0 fully saturated rings. The number of carbonyl (C=O) groups excluding carboxylic acids is 1. The largest absolute Gasteiger partial charge is 0.482 e. The Morgan fingerprint density at radius 2 is 2.26 bits per heavy atom. The van der Waals surface area contributed by atoms with E-state index < -0.39 is 0 Å². The first kappa shape index (κ1) is 15.8. The molecule has 0 aliphatic rings. The van der Waals surface area contributed by atoms with E-state index >= 15 is 0 Å². The molecule has 5 nitrogen and oxygen atoms in total. The van der Waals surface area contributed by atoms with Crippen molar-refractivity contribution in [3.63, 3.8) is 0 Å². The Kier molecular flexibility index (Phi) is 6.62. The molecule has 0 spiro atoms. The lowest BCUT2D eigenvalue weighted by molar-refractivity contribution is -0.124. The topological polar surface area (TPSA) is 73.6 Å². The molecule has 0 radical (unpaired) electrons. The third-order valence-electron chi connectivity index (χ3n) is 2.41. The molecule has 1 aromatic carbocycles. The average molecular weight is 287 g/mol. The summed E-state index contributed by atoms with van der Waals surface area (Å²) in [6.07, 6.45) is 0. The molecule has 1 aromatic rings.